The van der Waals surface area contributed by atoms with Crippen LogP contribution in [0, 0.1) is 6.92 Å². The summed E-state index contributed by atoms with van der Waals surface area (Å²) in [5.74, 6) is 2.71. The van der Waals surface area contributed by atoms with Crippen LogP contribution < -0.4 is 5.32 Å². The number of nitrogens with zero attached hydrogens (tertiary/aromatic N) is 1. The average Bonchev–Trinajstić information content (AvgIpc) is 2.98. The van der Waals surface area contributed by atoms with E-state index in [1.807, 2.05) is 13.0 Å². The molecule has 1 aromatic carbocycles. The van der Waals surface area contributed by atoms with Crippen LogP contribution >= 0.6 is 0 Å². The maximum atomic E-state index is 5.57. The van der Waals surface area contributed by atoms with Gasteiger partial charge in [0.25, 0.3) is 0 Å². The minimum atomic E-state index is 0.697. The first-order valence-electron chi connectivity index (χ1n) is 8.34. The van der Waals surface area contributed by atoms with E-state index < -0.39 is 0 Å². The van der Waals surface area contributed by atoms with Crippen LogP contribution in [0.2, 0.25) is 0 Å². The lowest BCUT2D eigenvalue weighted by Crippen LogP contribution is -2.38. The zero-order chi connectivity index (χ0) is 15.2. The van der Waals surface area contributed by atoms with Crippen molar-refractivity contribution in [3.8, 4) is 0 Å². The minimum Gasteiger partial charge on any atom is -0.465 e. The summed E-state index contributed by atoms with van der Waals surface area (Å²) < 4.78 is 5.57. The van der Waals surface area contributed by atoms with Gasteiger partial charge in [-0.05, 0) is 49.9 Å². The molecular weight excluding hydrogens is 272 g/mol. The Bertz CT molecular complexity index is 564. The molecule has 3 rings (SSSR count). The number of aryl methyl sites for hydroxylation is 1. The van der Waals surface area contributed by atoms with Crippen LogP contribution in [0.15, 0.2) is 46.9 Å². The van der Waals surface area contributed by atoms with Crippen molar-refractivity contribution >= 4 is 0 Å². The van der Waals surface area contributed by atoms with Crippen molar-refractivity contribution in [3.05, 3.63) is 59.5 Å². The third kappa shape index (κ3) is 4.21. The lowest BCUT2D eigenvalue weighted by Gasteiger charge is -2.33. The van der Waals surface area contributed by atoms with Crippen molar-refractivity contribution in [3.63, 3.8) is 0 Å². The van der Waals surface area contributed by atoms with Gasteiger partial charge in [0, 0.05) is 19.6 Å². The van der Waals surface area contributed by atoms with Gasteiger partial charge in [-0.25, -0.2) is 0 Å². The number of likely N-dealkylation sites (tertiary alicyclic amines) is 1. The van der Waals surface area contributed by atoms with Gasteiger partial charge in [0.2, 0.25) is 0 Å². The van der Waals surface area contributed by atoms with E-state index in [1.165, 1.54) is 31.5 Å². The molecule has 0 radical (unpaired) electrons. The summed E-state index contributed by atoms with van der Waals surface area (Å²) in [5, 5.41) is 3.48. The van der Waals surface area contributed by atoms with Gasteiger partial charge in [0.05, 0.1) is 6.54 Å². The Hall–Kier alpha value is -1.58. The Kier molecular flexibility index (Phi) is 5.30. The van der Waals surface area contributed by atoms with Gasteiger partial charge in [0.15, 0.2) is 0 Å². The molecule has 2 heterocycles. The maximum absolute atomic E-state index is 5.57. The van der Waals surface area contributed by atoms with Crippen LogP contribution in [0.25, 0.3) is 0 Å². The summed E-state index contributed by atoms with van der Waals surface area (Å²) in [4.78, 5) is 2.58. The average molecular weight is 298 g/mol. The largest absolute Gasteiger partial charge is 0.465 e. The monoisotopic (exact) mass is 298 g/mol. The molecule has 3 nitrogen and oxygen atoms in total. The Morgan fingerprint density at radius 2 is 2.05 bits per heavy atom. The molecule has 3 heteroatoms. The second kappa shape index (κ2) is 7.61. The molecule has 0 bridgehead atoms. The topological polar surface area (TPSA) is 28.4 Å². The van der Waals surface area contributed by atoms with Gasteiger partial charge in [-0.15, -0.1) is 0 Å². The number of nitrogens with one attached hydrogen (secondary N) is 1. The molecular formula is C19H26N2O. The summed E-state index contributed by atoms with van der Waals surface area (Å²) >= 11 is 0. The molecule has 0 amide bonds. The lowest BCUT2D eigenvalue weighted by molar-refractivity contribution is 0.207. The SMILES string of the molecule is Cc1ccc(CNCCN2CCCC(c3ccccc3)C2)o1. The molecule has 1 aliphatic heterocycles. The highest BCUT2D eigenvalue weighted by molar-refractivity contribution is 5.20. The molecule has 2 aromatic rings. The van der Waals surface area contributed by atoms with Gasteiger partial charge in [-0.1, -0.05) is 30.3 Å². The molecule has 0 aliphatic carbocycles. The van der Waals surface area contributed by atoms with Gasteiger partial charge in [-0.3, -0.25) is 0 Å². The standard InChI is InChI=1S/C19H26N2O/c1-16-9-10-19(22-16)14-20-11-13-21-12-5-8-18(15-21)17-6-3-2-4-7-17/h2-4,6-7,9-10,18,20H,5,8,11-15H2,1H3. The Morgan fingerprint density at radius 1 is 1.18 bits per heavy atom. The van der Waals surface area contributed by atoms with Gasteiger partial charge >= 0.3 is 0 Å². The zero-order valence-electron chi connectivity index (χ0n) is 13.4. The summed E-state index contributed by atoms with van der Waals surface area (Å²) in [6.07, 6.45) is 2.62. The Morgan fingerprint density at radius 3 is 2.82 bits per heavy atom. The van der Waals surface area contributed by atoms with Crippen molar-refractivity contribution in [2.24, 2.45) is 0 Å². The number of hydrogen-bond acceptors (Lipinski definition) is 3. The van der Waals surface area contributed by atoms with Gasteiger partial charge in [-0.2, -0.15) is 0 Å². The van der Waals surface area contributed by atoms with E-state index >= 15 is 0 Å². The van der Waals surface area contributed by atoms with Crippen LogP contribution in [0.4, 0.5) is 0 Å². The smallest absolute Gasteiger partial charge is 0.117 e. The molecule has 1 aliphatic rings. The highest BCUT2D eigenvalue weighted by atomic mass is 16.3. The van der Waals surface area contributed by atoms with Crippen molar-refractivity contribution < 1.29 is 4.42 Å². The Balaban J connectivity index is 1.41. The second-order valence-corrected chi connectivity index (χ2v) is 6.24. The fraction of sp³-hybridized carbons (Fsp3) is 0.474. The van der Waals surface area contributed by atoms with E-state index in [2.05, 4.69) is 46.6 Å². The van der Waals surface area contributed by atoms with Crippen molar-refractivity contribution in [2.45, 2.75) is 32.2 Å². The highest BCUT2D eigenvalue weighted by Crippen LogP contribution is 2.26. The van der Waals surface area contributed by atoms with E-state index in [4.69, 9.17) is 4.42 Å². The molecule has 22 heavy (non-hydrogen) atoms. The molecule has 0 spiro atoms. The summed E-state index contributed by atoms with van der Waals surface area (Å²) in [5.41, 5.74) is 1.49. The van der Waals surface area contributed by atoms with Crippen molar-refractivity contribution in [1.29, 1.82) is 0 Å². The van der Waals surface area contributed by atoms with E-state index in [9.17, 15) is 0 Å². The number of furan rings is 1. The predicted octanol–water partition coefficient (Wildman–Crippen LogP) is 3.56. The molecule has 1 atom stereocenters. The lowest BCUT2D eigenvalue weighted by atomic mass is 9.91. The number of hydrogen-bond donors (Lipinski definition) is 1. The number of rotatable bonds is 6. The van der Waals surface area contributed by atoms with Crippen LogP contribution in [-0.2, 0) is 6.54 Å². The molecule has 118 valence electrons. The van der Waals surface area contributed by atoms with E-state index in [0.29, 0.717) is 5.92 Å². The predicted molar refractivity (Wildman–Crippen MR) is 90.0 cm³/mol. The highest BCUT2D eigenvalue weighted by Gasteiger charge is 2.20. The van der Waals surface area contributed by atoms with Crippen molar-refractivity contribution in [1.82, 2.24) is 10.2 Å². The summed E-state index contributed by atoms with van der Waals surface area (Å²) in [6.45, 7) is 7.35. The molecule has 0 saturated carbocycles. The van der Waals surface area contributed by atoms with Crippen molar-refractivity contribution in [2.75, 3.05) is 26.2 Å². The minimum absolute atomic E-state index is 0.697. The van der Waals surface area contributed by atoms with Gasteiger partial charge in [0.1, 0.15) is 11.5 Å². The maximum Gasteiger partial charge on any atom is 0.117 e. The molecule has 1 unspecified atom stereocenters. The zero-order valence-corrected chi connectivity index (χ0v) is 13.4. The van der Waals surface area contributed by atoms with Crippen LogP contribution in [0.5, 0.6) is 0 Å². The van der Waals surface area contributed by atoms with E-state index in [1.54, 1.807) is 0 Å². The Labute approximate surface area is 133 Å². The molecule has 1 fully saturated rings. The molecule has 1 N–H and O–H groups in total. The normalized spacial score (nSPS) is 19.4. The second-order valence-electron chi connectivity index (χ2n) is 6.24. The number of benzene rings is 1. The van der Waals surface area contributed by atoms with E-state index in [-0.39, 0.29) is 0 Å². The first kappa shape index (κ1) is 15.3. The third-order valence-corrected chi connectivity index (χ3v) is 4.48. The molecule has 1 saturated heterocycles. The van der Waals surface area contributed by atoms with Crippen LogP contribution in [-0.4, -0.2) is 31.1 Å². The first-order valence-corrected chi connectivity index (χ1v) is 8.34. The summed E-state index contributed by atoms with van der Waals surface area (Å²) in [7, 11) is 0. The summed E-state index contributed by atoms with van der Waals surface area (Å²) in [6, 6.07) is 15.0. The fourth-order valence-electron chi connectivity index (χ4n) is 3.28. The quantitative estimate of drug-likeness (QED) is 0.827. The fourth-order valence-corrected chi connectivity index (χ4v) is 3.28. The van der Waals surface area contributed by atoms with Gasteiger partial charge < -0.3 is 14.6 Å². The first-order chi connectivity index (χ1) is 10.8. The van der Waals surface area contributed by atoms with E-state index in [0.717, 1.165) is 31.2 Å². The molecule has 1 aromatic heterocycles. The third-order valence-electron chi connectivity index (χ3n) is 4.48. The van der Waals surface area contributed by atoms with Crippen LogP contribution in [0.1, 0.15) is 35.8 Å². The van der Waals surface area contributed by atoms with Crippen LogP contribution in [0.3, 0.4) is 0 Å². The number of piperidine rings is 1.